The van der Waals surface area contributed by atoms with Crippen LogP contribution in [-0.4, -0.2) is 34.9 Å². The number of hydrogen-bond donors (Lipinski definition) is 1. The van der Waals surface area contributed by atoms with Gasteiger partial charge in [-0.05, 0) is 18.2 Å². The molecule has 2 nitrogen and oxygen atoms in total. The lowest BCUT2D eigenvalue weighted by Crippen LogP contribution is -2.27. The Morgan fingerprint density at radius 1 is 1.12 bits per heavy atom. The molecule has 1 aromatic carbocycles. The van der Waals surface area contributed by atoms with Crippen LogP contribution in [-0.2, 0) is 6.54 Å². The first kappa shape index (κ1) is 13.9. The van der Waals surface area contributed by atoms with Crippen molar-refractivity contribution in [3.8, 4) is 5.75 Å². The zero-order chi connectivity index (χ0) is 12.0. The molecular weight excluding hydrogens is 268 g/mol. The predicted octanol–water partition coefficient (Wildman–Crippen LogP) is 3.33. The average molecular weight is 283 g/mol. The van der Waals surface area contributed by atoms with E-state index in [1.54, 1.807) is 18.2 Å². The summed E-state index contributed by atoms with van der Waals surface area (Å²) >= 11 is 17.3. The van der Waals surface area contributed by atoms with E-state index < -0.39 is 0 Å². The second-order valence-electron chi connectivity index (χ2n) is 3.43. The Balaban J connectivity index is 2.71. The van der Waals surface area contributed by atoms with Crippen LogP contribution in [0.1, 0.15) is 5.56 Å². The minimum Gasteiger partial charge on any atom is -0.508 e. The highest BCUT2D eigenvalue weighted by Crippen LogP contribution is 2.22. The van der Waals surface area contributed by atoms with Crippen molar-refractivity contribution < 1.29 is 5.11 Å². The number of phenolic OH excluding ortho intramolecular Hbond substituents is 1. The molecule has 0 fully saturated rings. The van der Waals surface area contributed by atoms with Crippen LogP contribution >= 0.6 is 34.8 Å². The van der Waals surface area contributed by atoms with E-state index in [9.17, 15) is 5.11 Å². The molecule has 0 aromatic heterocycles. The van der Waals surface area contributed by atoms with Crippen LogP contribution in [0.5, 0.6) is 5.75 Å². The Bertz CT molecular complexity index is 327. The smallest absolute Gasteiger partial charge is 0.120 e. The number of rotatable bonds is 6. The van der Waals surface area contributed by atoms with Crippen LogP contribution in [0.4, 0.5) is 0 Å². The first-order valence-electron chi connectivity index (χ1n) is 4.99. The van der Waals surface area contributed by atoms with Crippen molar-refractivity contribution >= 4 is 34.8 Å². The van der Waals surface area contributed by atoms with Gasteiger partial charge in [0.1, 0.15) is 5.75 Å². The fourth-order valence-corrected chi connectivity index (χ4v) is 2.10. The quantitative estimate of drug-likeness (QED) is 0.809. The Hall–Kier alpha value is -0.150. The number of alkyl halides is 2. The van der Waals surface area contributed by atoms with Crippen molar-refractivity contribution in [3.63, 3.8) is 0 Å². The number of benzene rings is 1. The molecule has 0 aliphatic carbocycles. The van der Waals surface area contributed by atoms with Gasteiger partial charge < -0.3 is 5.11 Å². The topological polar surface area (TPSA) is 23.5 Å². The molecule has 1 N–H and O–H groups in total. The molecule has 0 unspecified atom stereocenters. The van der Waals surface area contributed by atoms with Crippen molar-refractivity contribution in [2.75, 3.05) is 24.8 Å². The van der Waals surface area contributed by atoms with Gasteiger partial charge in [-0.1, -0.05) is 11.6 Å². The molecule has 0 atom stereocenters. The molecule has 0 amide bonds. The second-order valence-corrected chi connectivity index (χ2v) is 4.62. The van der Waals surface area contributed by atoms with E-state index in [2.05, 4.69) is 4.90 Å². The molecule has 0 radical (unpaired) electrons. The monoisotopic (exact) mass is 281 g/mol. The van der Waals surface area contributed by atoms with E-state index in [0.29, 0.717) is 23.3 Å². The van der Waals surface area contributed by atoms with Gasteiger partial charge in [0.25, 0.3) is 0 Å². The van der Waals surface area contributed by atoms with Crippen molar-refractivity contribution in [1.82, 2.24) is 4.90 Å². The highest BCUT2D eigenvalue weighted by molar-refractivity contribution is 6.30. The standard InChI is InChI=1S/C11H14Cl3NO/c12-3-5-15(6-4-13)8-9-7-10(14)1-2-11(9)16/h1-2,7,16H,3-6,8H2. The lowest BCUT2D eigenvalue weighted by molar-refractivity contribution is 0.294. The highest BCUT2D eigenvalue weighted by Gasteiger charge is 2.08. The molecule has 0 spiro atoms. The Kier molecular flexibility index (Phi) is 6.29. The largest absolute Gasteiger partial charge is 0.508 e. The summed E-state index contributed by atoms with van der Waals surface area (Å²) in [7, 11) is 0. The van der Waals surface area contributed by atoms with Gasteiger partial charge in [0.15, 0.2) is 0 Å². The van der Waals surface area contributed by atoms with Gasteiger partial charge in [-0.2, -0.15) is 0 Å². The molecule has 5 heteroatoms. The average Bonchev–Trinajstić information content (AvgIpc) is 2.24. The second kappa shape index (κ2) is 7.23. The third-order valence-electron chi connectivity index (χ3n) is 2.24. The number of phenols is 1. The minimum absolute atomic E-state index is 0.249. The summed E-state index contributed by atoms with van der Waals surface area (Å²) in [5.41, 5.74) is 0.794. The normalized spacial score (nSPS) is 11.0. The van der Waals surface area contributed by atoms with Crippen LogP contribution in [0.2, 0.25) is 5.02 Å². The van der Waals surface area contributed by atoms with Crippen molar-refractivity contribution in [2.24, 2.45) is 0 Å². The van der Waals surface area contributed by atoms with Gasteiger partial charge in [-0.25, -0.2) is 0 Å². The third-order valence-corrected chi connectivity index (χ3v) is 2.81. The summed E-state index contributed by atoms with van der Waals surface area (Å²) in [4.78, 5) is 2.07. The molecule has 0 saturated carbocycles. The van der Waals surface area contributed by atoms with Gasteiger partial charge in [-0.15, -0.1) is 23.2 Å². The summed E-state index contributed by atoms with van der Waals surface area (Å²) in [6.07, 6.45) is 0. The van der Waals surface area contributed by atoms with Gasteiger partial charge in [0.05, 0.1) is 0 Å². The van der Waals surface area contributed by atoms with Crippen LogP contribution in [0.15, 0.2) is 18.2 Å². The van der Waals surface area contributed by atoms with E-state index in [1.165, 1.54) is 0 Å². The van der Waals surface area contributed by atoms with Gasteiger partial charge >= 0.3 is 0 Å². The van der Waals surface area contributed by atoms with Crippen LogP contribution < -0.4 is 0 Å². The number of aromatic hydroxyl groups is 1. The van der Waals surface area contributed by atoms with E-state index in [0.717, 1.165) is 18.7 Å². The maximum Gasteiger partial charge on any atom is 0.120 e. The molecule has 0 aliphatic rings. The molecule has 0 heterocycles. The van der Waals surface area contributed by atoms with Crippen LogP contribution in [0, 0.1) is 0 Å². The summed E-state index contributed by atoms with van der Waals surface area (Å²) in [5, 5.41) is 10.3. The van der Waals surface area contributed by atoms with Gasteiger partial charge in [-0.3, -0.25) is 4.90 Å². The summed E-state index contributed by atoms with van der Waals surface area (Å²) < 4.78 is 0. The maximum absolute atomic E-state index is 9.67. The predicted molar refractivity (Wildman–Crippen MR) is 69.8 cm³/mol. The Morgan fingerprint density at radius 3 is 2.31 bits per heavy atom. The van der Waals surface area contributed by atoms with E-state index >= 15 is 0 Å². The molecular formula is C11H14Cl3NO. The summed E-state index contributed by atoms with van der Waals surface area (Å²) in [6.45, 7) is 2.08. The van der Waals surface area contributed by atoms with Crippen molar-refractivity contribution in [2.45, 2.75) is 6.54 Å². The molecule has 0 bridgehead atoms. The van der Waals surface area contributed by atoms with E-state index in [4.69, 9.17) is 34.8 Å². The minimum atomic E-state index is 0.249. The van der Waals surface area contributed by atoms with Crippen LogP contribution in [0.25, 0.3) is 0 Å². The zero-order valence-corrected chi connectivity index (χ0v) is 11.1. The number of hydrogen-bond acceptors (Lipinski definition) is 2. The number of nitrogens with zero attached hydrogens (tertiary/aromatic N) is 1. The Labute approximate surface area is 111 Å². The first-order chi connectivity index (χ1) is 7.67. The number of halogens is 3. The lowest BCUT2D eigenvalue weighted by Gasteiger charge is -2.20. The van der Waals surface area contributed by atoms with Gasteiger partial charge in [0, 0.05) is 42.0 Å². The maximum atomic E-state index is 9.67. The fourth-order valence-electron chi connectivity index (χ4n) is 1.43. The molecule has 0 saturated heterocycles. The highest BCUT2D eigenvalue weighted by atomic mass is 35.5. The Morgan fingerprint density at radius 2 is 1.75 bits per heavy atom. The lowest BCUT2D eigenvalue weighted by atomic mass is 10.2. The SMILES string of the molecule is Oc1ccc(Cl)cc1CN(CCCl)CCCl. The first-order valence-corrected chi connectivity index (χ1v) is 6.43. The molecule has 16 heavy (non-hydrogen) atoms. The zero-order valence-electron chi connectivity index (χ0n) is 8.80. The molecule has 90 valence electrons. The molecule has 0 aliphatic heterocycles. The van der Waals surface area contributed by atoms with Crippen molar-refractivity contribution in [3.05, 3.63) is 28.8 Å². The van der Waals surface area contributed by atoms with Crippen molar-refractivity contribution in [1.29, 1.82) is 0 Å². The summed E-state index contributed by atoms with van der Waals surface area (Å²) in [5.74, 6) is 1.33. The molecule has 1 rings (SSSR count). The van der Waals surface area contributed by atoms with E-state index in [-0.39, 0.29) is 5.75 Å². The summed E-state index contributed by atoms with van der Waals surface area (Å²) in [6, 6.07) is 5.01. The molecule has 1 aromatic rings. The van der Waals surface area contributed by atoms with Gasteiger partial charge in [0.2, 0.25) is 0 Å². The fraction of sp³-hybridized carbons (Fsp3) is 0.455. The third kappa shape index (κ3) is 4.38. The van der Waals surface area contributed by atoms with Crippen LogP contribution in [0.3, 0.4) is 0 Å². The van der Waals surface area contributed by atoms with E-state index in [1.807, 2.05) is 0 Å².